The maximum Gasteiger partial charge on any atom is 0.228 e. The van der Waals surface area contributed by atoms with Gasteiger partial charge >= 0.3 is 0 Å². The molecule has 1 heterocycles. The second-order valence-electron chi connectivity index (χ2n) is 4.50. The van der Waals surface area contributed by atoms with Crippen molar-refractivity contribution in [2.75, 3.05) is 5.32 Å². The van der Waals surface area contributed by atoms with E-state index in [1.165, 1.54) is 12.8 Å². The lowest BCUT2D eigenvalue weighted by Gasteiger charge is -2.12. The van der Waals surface area contributed by atoms with Crippen molar-refractivity contribution < 1.29 is 4.79 Å². The molecule has 0 radical (unpaired) electrons. The Bertz CT molecular complexity index is 470. The molecule has 1 N–H and O–H groups in total. The van der Waals surface area contributed by atoms with Crippen molar-refractivity contribution in [1.29, 1.82) is 0 Å². The average Bonchev–Trinajstić information content (AvgIpc) is 3.00. The number of amides is 1. The Morgan fingerprint density at radius 2 is 2.19 bits per heavy atom. The monoisotopic (exact) mass is 299 g/mol. The number of alkyl halides is 1. The SMILES string of the molecule is O=C1Cc2cc(C(Br)C3CC3)c(Cl)cc2N1. The van der Waals surface area contributed by atoms with Gasteiger partial charge in [-0.05, 0) is 36.0 Å². The third-order valence-corrected chi connectivity index (χ3v) is 4.75. The lowest BCUT2D eigenvalue weighted by molar-refractivity contribution is -0.115. The summed E-state index contributed by atoms with van der Waals surface area (Å²) in [7, 11) is 0. The molecule has 0 aromatic heterocycles. The fourth-order valence-electron chi connectivity index (χ4n) is 2.12. The third-order valence-electron chi connectivity index (χ3n) is 3.18. The number of carbonyl (C=O) groups excluding carboxylic acids is 1. The fourth-order valence-corrected chi connectivity index (χ4v) is 3.44. The molecular formula is C12H11BrClNO. The highest BCUT2D eigenvalue weighted by atomic mass is 79.9. The number of nitrogens with one attached hydrogen (secondary N) is 1. The van der Waals surface area contributed by atoms with Crippen LogP contribution in [0, 0.1) is 5.92 Å². The minimum atomic E-state index is 0.0563. The molecule has 1 aliphatic heterocycles. The number of hydrogen-bond donors (Lipinski definition) is 1. The van der Waals surface area contributed by atoms with Crippen molar-refractivity contribution in [2.45, 2.75) is 24.1 Å². The molecule has 2 aliphatic rings. The van der Waals surface area contributed by atoms with Gasteiger partial charge in [-0.2, -0.15) is 0 Å². The van der Waals surface area contributed by atoms with Crippen LogP contribution in [-0.2, 0) is 11.2 Å². The van der Waals surface area contributed by atoms with Crippen LogP contribution in [0.5, 0.6) is 0 Å². The largest absolute Gasteiger partial charge is 0.325 e. The van der Waals surface area contributed by atoms with Crippen molar-refractivity contribution in [3.63, 3.8) is 0 Å². The Kier molecular flexibility index (Phi) is 2.48. The maximum absolute atomic E-state index is 11.3. The van der Waals surface area contributed by atoms with Gasteiger partial charge in [0.25, 0.3) is 0 Å². The van der Waals surface area contributed by atoms with E-state index in [1.54, 1.807) is 0 Å². The molecule has 1 aromatic carbocycles. The molecule has 1 fully saturated rings. The Labute approximate surface area is 107 Å². The second kappa shape index (κ2) is 3.74. The van der Waals surface area contributed by atoms with Gasteiger partial charge in [0.1, 0.15) is 0 Å². The lowest BCUT2D eigenvalue weighted by Crippen LogP contribution is -2.03. The highest BCUT2D eigenvalue weighted by Crippen LogP contribution is 2.49. The van der Waals surface area contributed by atoms with Crippen LogP contribution >= 0.6 is 27.5 Å². The van der Waals surface area contributed by atoms with E-state index >= 15 is 0 Å². The van der Waals surface area contributed by atoms with Crippen molar-refractivity contribution in [3.8, 4) is 0 Å². The standard InChI is InChI=1S/C12H11BrClNO/c13-12(6-1-2-6)8-3-7-4-11(16)15-10(7)5-9(8)14/h3,5-6,12H,1-2,4H2,(H,15,16). The summed E-state index contributed by atoms with van der Waals surface area (Å²) in [5.41, 5.74) is 3.06. The van der Waals surface area contributed by atoms with Gasteiger partial charge in [0.15, 0.2) is 0 Å². The van der Waals surface area contributed by atoms with Gasteiger partial charge in [0, 0.05) is 15.5 Å². The van der Waals surface area contributed by atoms with E-state index in [-0.39, 0.29) is 5.91 Å². The van der Waals surface area contributed by atoms with Crippen LogP contribution in [0.4, 0.5) is 5.69 Å². The molecule has 4 heteroatoms. The van der Waals surface area contributed by atoms with Crippen LogP contribution in [0.3, 0.4) is 0 Å². The zero-order valence-electron chi connectivity index (χ0n) is 8.59. The summed E-state index contributed by atoms with van der Waals surface area (Å²) >= 11 is 9.94. The smallest absolute Gasteiger partial charge is 0.228 e. The van der Waals surface area contributed by atoms with Gasteiger partial charge < -0.3 is 5.32 Å². The quantitative estimate of drug-likeness (QED) is 0.829. The van der Waals surface area contributed by atoms with Crippen molar-refractivity contribution in [3.05, 3.63) is 28.3 Å². The highest BCUT2D eigenvalue weighted by molar-refractivity contribution is 9.09. The van der Waals surface area contributed by atoms with Crippen LogP contribution in [0.15, 0.2) is 12.1 Å². The Morgan fingerprint density at radius 1 is 1.44 bits per heavy atom. The van der Waals surface area contributed by atoms with Crippen LogP contribution < -0.4 is 5.32 Å². The van der Waals surface area contributed by atoms with E-state index in [1.807, 2.05) is 6.07 Å². The number of rotatable bonds is 2. The third kappa shape index (κ3) is 1.76. The van der Waals surface area contributed by atoms with Gasteiger partial charge in [-0.25, -0.2) is 0 Å². The topological polar surface area (TPSA) is 29.1 Å². The van der Waals surface area contributed by atoms with E-state index in [0.29, 0.717) is 17.2 Å². The summed E-state index contributed by atoms with van der Waals surface area (Å²) in [5.74, 6) is 0.765. The average molecular weight is 301 g/mol. The Morgan fingerprint density at radius 3 is 2.88 bits per heavy atom. The zero-order chi connectivity index (χ0) is 11.3. The lowest BCUT2D eigenvalue weighted by atomic mass is 10.0. The van der Waals surface area contributed by atoms with E-state index < -0.39 is 0 Å². The Balaban J connectivity index is 2.00. The van der Waals surface area contributed by atoms with Gasteiger partial charge in [-0.3, -0.25) is 4.79 Å². The molecular weight excluding hydrogens is 289 g/mol. The molecule has 0 bridgehead atoms. The molecule has 1 unspecified atom stereocenters. The second-order valence-corrected chi connectivity index (χ2v) is 5.89. The van der Waals surface area contributed by atoms with Crippen LogP contribution in [-0.4, -0.2) is 5.91 Å². The van der Waals surface area contributed by atoms with Crippen molar-refractivity contribution in [2.24, 2.45) is 5.92 Å². The summed E-state index contributed by atoms with van der Waals surface area (Å²) in [5, 5.41) is 3.56. The minimum Gasteiger partial charge on any atom is -0.325 e. The first-order chi connectivity index (χ1) is 7.65. The van der Waals surface area contributed by atoms with Gasteiger partial charge in [-0.15, -0.1) is 0 Å². The van der Waals surface area contributed by atoms with E-state index in [9.17, 15) is 4.79 Å². The van der Waals surface area contributed by atoms with Crippen molar-refractivity contribution >= 4 is 39.1 Å². The number of anilines is 1. The van der Waals surface area contributed by atoms with Crippen molar-refractivity contribution in [1.82, 2.24) is 0 Å². The first kappa shape index (κ1) is 10.6. The fraction of sp³-hybridized carbons (Fsp3) is 0.417. The predicted octanol–water partition coefficient (Wildman–Crippen LogP) is 3.68. The normalized spacial score (nSPS) is 20.5. The summed E-state index contributed by atoms with van der Waals surface area (Å²) in [4.78, 5) is 11.6. The number of benzene rings is 1. The number of hydrogen-bond acceptors (Lipinski definition) is 1. The number of carbonyl (C=O) groups is 1. The summed E-state index contributed by atoms with van der Waals surface area (Å²) < 4.78 is 0. The van der Waals surface area contributed by atoms with E-state index in [0.717, 1.165) is 21.8 Å². The molecule has 3 rings (SSSR count). The molecule has 1 atom stereocenters. The van der Waals surface area contributed by atoms with Gasteiger partial charge in [-0.1, -0.05) is 33.6 Å². The summed E-state index contributed by atoms with van der Waals surface area (Å²) in [6, 6.07) is 3.93. The van der Waals surface area contributed by atoms with Gasteiger partial charge in [0.2, 0.25) is 5.91 Å². The molecule has 84 valence electrons. The zero-order valence-corrected chi connectivity index (χ0v) is 10.9. The first-order valence-corrected chi connectivity index (χ1v) is 6.71. The predicted molar refractivity (Wildman–Crippen MR) is 68.2 cm³/mol. The number of halogens is 2. The molecule has 1 aromatic rings. The van der Waals surface area contributed by atoms with E-state index in [4.69, 9.17) is 11.6 Å². The Hall–Kier alpha value is -0.540. The molecule has 16 heavy (non-hydrogen) atoms. The van der Waals surface area contributed by atoms with Crippen LogP contribution in [0.25, 0.3) is 0 Å². The summed E-state index contributed by atoms with van der Waals surface area (Å²) in [6.07, 6.45) is 3.00. The molecule has 1 amide bonds. The molecule has 2 nitrogen and oxygen atoms in total. The molecule has 1 saturated carbocycles. The van der Waals surface area contributed by atoms with Crippen LogP contribution in [0.2, 0.25) is 5.02 Å². The van der Waals surface area contributed by atoms with E-state index in [2.05, 4.69) is 27.3 Å². The molecule has 0 spiro atoms. The maximum atomic E-state index is 11.3. The first-order valence-electron chi connectivity index (χ1n) is 5.41. The molecule has 1 aliphatic carbocycles. The minimum absolute atomic E-state index is 0.0563. The molecule has 0 saturated heterocycles. The highest BCUT2D eigenvalue weighted by Gasteiger charge is 2.32. The summed E-state index contributed by atoms with van der Waals surface area (Å²) in [6.45, 7) is 0. The number of fused-ring (bicyclic) bond motifs is 1. The van der Waals surface area contributed by atoms with Crippen LogP contribution in [0.1, 0.15) is 28.8 Å². The van der Waals surface area contributed by atoms with Gasteiger partial charge in [0.05, 0.1) is 6.42 Å².